The van der Waals surface area contributed by atoms with Gasteiger partial charge < -0.3 is 20.5 Å². The second-order valence-electron chi connectivity index (χ2n) is 3.12. The summed E-state index contributed by atoms with van der Waals surface area (Å²) in [6.45, 7) is 0.756. The van der Waals surface area contributed by atoms with Crippen LogP contribution in [-0.4, -0.2) is 53.3 Å². The average molecular weight is 218 g/mol. The third-order valence-corrected chi connectivity index (χ3v) is 2.70. The molecule has 1 fully saturated rings. The van der Waals surface area contributed by atoms with Crippen LogP contribution in [-0.2, 0) is 9.53 Å². The molecule has 80 valence electrons. The van der Waals surface area contributed by atoms with Crippen molar-refractivity contribution in [3.8, 4) is 0 Å². The first-order valence-electron chi connectivity index (χ1n) is 4.37. The van der Waals surface area contributed by atoms with Crippen LogP contribution in [0, 0.1) is 0 Å². The number of hydrogen-bond acceptors (Lipinski definition) is 5. The SMILES string of the molecule is COC(=O)[C@@H]1[C@@H](O)CCN1C(=S)CN. The van der Waals surface area contributed by atoms with Gasteiger partial charge in [0.25, 0.3) is 0 Å². The Morgan fingerprint density at radius 3 is 2.93 bits per heavy atom. The number of methoxy groups -OCH3 is 1. The number of nitrogens with zero attached hydrogens (tertiary/aromatic N) is 1. The van der Waals surface area contributed by atoms with E-state index in [2.05, 4.69) is 4.74 Å². The molecule has 0 aliphatic carbocycles. The lowest BCUT2D eigenvalue weighted by Crippen LogP contribution is -2.46. The molecule has 0 bridgehead atoms. The number of nitrogens with two attached hydrogens (primary N) is 1. The van der Waals surface area contributed by atoms with Crippen LogP contribution >= 0.6 is 12.2 Å². The Morgan fingerprint density at radius 2 is 2.43 bits per heavy atom. The number of ether oxygens (including phenoxy) is 1. The largest absolute Gasteiger partial charge is 0.467 e. The van der Waals surface area contributed by atoms with Crippen molar-refractivity contribution in [3.63, 3.8) is 0 Å². The lowest BCUT2D eigenvalue weighted by atomic mass is 10.2. The molecular weight excluding hydrogens is 204 g/mol. The molecule has 3 N–H and O–H groups in total. The van der Waals surface area contributed by atoms with E-state index in [1.807, 2.05) is 0 Å². The molecule has 5 nitrogen and oxygen atoms in total. The van der Waals surface area contributed by atoms with Crippen molar-refractivity contribution < 1.29 is 14.6 Å². The number of likely N-dealkylation sites (tertiary alicyclic amines) is 1. The van der Waals surface area contributed by atoms with Gasteiger partial charge in [-0.15, -0.1) is 0 Å². The van der Waals surface area contributed by atoms with Crippen molar-refractivity contribution >= 4 is 23.2 Å². The Labute approximate surface area is 87.8 Å². The number of carbonyl (C=O) groups is 1. The van der Waals surface area contributed by atoms with E-state index in [4.69, 9.17) is 18.0 Å². The van der Waals surface area contributed by atoms with Gasteiger partial charge in [0.05, 0.1) is 18.2 Å². The summed E-state index contributed by atoms with van der Waals surface area (Å²) in [7, 11) is 1.29. The van der Waals surface area contributed by atoms with Crippen molar-refractivity contribution in [2.24, 2.45) is 5.73 Å². The fourth-order valence-corrected chi connectivity index (χ4v) is 1.78. The number of hydrogen-bond donors (Lipinski definition) is 2. The van der Waals surface area contributed by atoms with Gasteiger partial charge in [-0.2, -0.15) is 0 Å². The van der Waals surface area contributed by atoms with E-state index < -0.39 is 18.1 Å². The lowest BCUT2D eigenvalue weighted by molar-refractivity contribution is -0.147. The van der Waals surface area contributed by atoms with E-state index in [0.29, 0.717) is 18.0 Å². The Kier molecular flexibility index (Phi) is 3.79. The van der Waals surface area contributed by atoms with Gasteiger partial charge in [-0.25, -0.2) is 4.79 Å². The minimum absolute atomic E-state index is 0.204. The van der Waals surface area contributed by atoms with E-state index in [-0.39, 0.29) is 6.54 Å². The number of carbonyl (C=O) groups excluding carboxylic acids is 1. The van der Waals surface area contributed by atoms with Crippen LogP contribution in [0.4, 0.5) is 0 Å². The van der Waals surface area contributed by atoms with E-state index in [9.17, 15) is 9.90 Å². The van der Waals surface area contributed by atoms with Crippen LogP contribution < -0.4 is 5.73 Å². The first-order valence-corrected chi connectivity index (χ1v) is 4.78. The van der Waals surface area contributed by atoms with Crippen LogP contribution in [0.5, 0.6) is 0 Å². The summed E-state index contributed by atoms with van der Waals surface area (Å²) in [5.74, 6) is -0.467. The molecule has 0 aromatic heterocycles. The van der Waals surface area contributed by atoms with Gasteiger partial charge in [0.2, 0.25) is 0 Å². The second kappa shape index (κ2) is 4.68. The van der Waals surface area contributed by atoms with E-state index in [1.165, 1.54) is 7.11 Å². The average Bonchev–Trinajstić information content (AvgIpc) is 2.58. The van der Waals surface area contributed by atoms with Crippen molar-refractivity contribution in [2.75, 3.05) is 20.2 Å². The van der Waals surface area contributed by atoms with E-state index in [0.717, 1.165) is 0 Å². The molecule has 0 spiro atoms. The molecule has 1 aliphatic heterocycles. The molecule has 6 heteroatoms. The highest BCUT2D eigenvalue weighted by atomic mass is 32.1. The summed E-state index contributed by atoms with van der Waals surface area (Å²) in [5.41, 5.74) is 5.38. The smallest absolute Gasteiger partial charge is 0.331 e. The predicted octanol–water partition coefficient (Wildman–Crippen LogP) is -1.12. The number of esters is 1. The zero-order chi connectivity index (χ0) is 10.7. The summed E-state index contributed by atoms with van der Waals surface area (Å²) in [6.07, 6.45) is -0.202. The third-order valence-electron chi connectivity index (χ3n) is 2.30. The second-order valence-corrected chi connectivity index (χ2v) is 3.59. The van der Waals surface area contributed by atoms with Gasteiger partial charge in [-0.05, 0) is 6.42 Å². The Bertz CT molecular complexity index is 247. The standard InChI is InChI=1S/C8H14N2O3S/c1-13-8(12)7-5(11)2-3-10(7)6(14)4-9/h5,7,11H,2-4,9H2,1H3/t5-,7-/m0/s1. The number of rotatable bonds is 2. The molecule has 1 aliphatic rings. The molecule has 1 heterocycles. The topological polar surface area (TPSA) is 75.8 Å². The molecule has 1 saturated heterocycles. The maximum Gasteiger partial charge on any atom is 0.331 e. The van der Waals surface area contributed by atoms with Crippen molar-refractivity contribution in [2.45, 2.75) is 18.6 Å². The quantitative estimate of drug-likeness (QED) is 0.452. The molecule has 0 aromatic carbocycles. The lowest BCUT2D eigenvalue weighted by Gasteiger charge is -2.25. The predicted molar refractivity (Wildman–Crippen MR) is 54.8 cm³/mol. The van der Waals surface area contributed by atoms with Gasteiger partial charge in [0, 0.05) is 13.1 Å². The zero-order valence-electron chi connectivity index (χ0n) is 7.97. The molecule has 0 radical (unpaired) electrons. The summed E-state index contributed by atoms with van der Waals surface area (Å²) < 4.78 is 4.59. The van der Waals surface area contributed by atoms with E-state index >= 15 is 0 Å². The van der Waals surface area contributed by atoms with Gasteiger partial charge >= 0.3 is 5.97 Å². The monoisotopic (exact) mass is 218 g/mol. The van der Waals surface area contributed by atoms with Crippen LogP contribution in [0.3, 0.4) is 0 Å². The minimum Gasteiger partial charge on any atom is -0.467 e. The van der Waals surface area contributed by atoms with Crippen molar-refractivity contribution in [1.82, 2.24) is 4.90 Å². The highest BCUT2D eigenvalue weighted by Crippen LogP contribution is 2.19. The molecular formula is C8H14N2O3S. The molecule has 0 aromatic rings. The van der Waals surface area contributed by atoms with Crippen molar-refractivity contribution in [1.29, 1.82) is 0 Å². The van der Waals surface area contributed by atoms with Gasteiger partial charge in [0.15, 0.2) is 6.04 Å². The van der Waals surface area contributed by atoms with Crippen LogP contribution in [0.15, 0.2) is 0 Å². The number of aliphatic hydroxyl groups is 1. The molecule has 0 amide bonds. The molecule has 2 atom stereocenters. The number of aliphatic hydroxyl groups excluding tert-OH is 1. The fourth-order valence-electron chi connectivity index (χ4n) is 1.58. The Balaban J connectivity index is 2.76. The van der Waals surface area contributed by atoms with Gasteiger partial charge in [-0.1, -0.05) is 12.2 Å². The summed E-state index contributed by atoms with van der Waals surface area (Å²) in [5, 5.41) is 9.56. The highest BCUT2D eigenvalue weighted by Gasteiger charge is 2.39. The van der Waals surface area contributed by atoms with Gasteiger partial charge in [0.1, 0.15) is 0 Å². The summed E-state index contributed by atoms with van der Waals surface area (Å²) in [4.78, 5) is 13.4. The third kappa shape index (κ3) is 2.02. The number of thiocarbonyl (C=S) groups is 1. The zero-order valence-corrected chi connectivity index (χ0v) is 8.79. The van der Waals surface area contributed by atoms with Crippen molar-refractivity contribution in [3.05, 3.63) is 0 Å². The summed E-state index contributed by atoms with van der Waals surface area (Å²) in [6, 6.07) is -0.684. The Hall–Kier alpha value is -0.720. The van der Waals surface area contributed by atoms with Crippen LogP contribution in [0.2, 0.25) is 0 Å². The summed E-state index contributed by atoms with van der Waals surface area (Å²) >= 11 is 4.99. The Morgan fingerprint density at radius 1 is 1.79 bits per heavy atom. The molecule has 1 rings (SSSR count). The molecule has 14 heavy (non-hydrogen) atoms. The van der Waals surface area contributed by atoms with Crippen LogP contribution in [0.1, 0.15) is 6.42 Å². The normalized spacial score (nSPS) is 26.4. The van der Waals surface area contributed by atoms with Crippen LogP contribution in [0.25, 0.3) is 0 Å². The fraction of sp³-hybridized carbons (Fsp3) is 0.750. The first-order chi connectivity index (χ1) is 6.61. The highest BCUT2D eigenvalue weighted by molar-refractivity contribution is 7.80. The first kappa shape index (κ1) is 11.4. The maximum atomic E-state index is 11.3. The van der Waals surface area contributed by atoms with E-state index in [1.54, 1.807) is 4.90 Å². The molecule has 0 saturated carbocycles. The molecule has 0 unspecified atom stereocenters. The van der Waals surface area contributed by atoms with Gasteiger partial charge in [-0.3, -0.25) is 0 Å². The minimum atomic E-state index is -0.716. The maximum absolute atomic E-state index is 11.3.